The molecule has 0 aliphatic carbocycles. The van der Waals surface area contributed by atoms with Gasteiger partial charge in [0.1, 0.15) is 0 Å². The Balaban J connectivity index is 0. The minimum Gasteiger partial charge on any atom is -0.790 e. The number of halogens is 1. The molecule has 3 unspecified atom stereocenters. The van der Waals surface area contributed by atoms with E-state index in [1.54, 1.807) is 6.92 Å². The number of hydrogen-bond acceptors (Lipinski definition) is 7. The Bertz CT molecular complexity index is 315. The van der Waals surface area contributed by atoms with Crippen molar-refractivity contribution < 1.29 is 32.6 Å². The molecule has 3 atom stereocenters. The van der Waals surface area contributed by atoms with Gasteiger partial charge in [-0.15, -0.1) is 15.5 Å². The molecule has 0 aromatic rings. The molecular formula is C5H12IO7P4-3. The minimum absolute atomic E-state index is 0.220. The first kappa shape index (κ1) is 20.9. The molecule has 0 amide bonds. The van der Waals surface area contributed by atoms with E-state index >= 15 is 0 Å². The number of phosphoric ester groups is 1. The van der Waals surface area contributed by atoms with E-state index in [-0.39, 0.29) is 13.0 Å². The summed E-state index contributed by atoms with van der Waals surface area (Å²) < 4.78 is 27.8. The monoisotopic (exact) mass is 435 g/mol. The van der Waals surface area contributed by atoms with Crippen LogP contribution in [0.15, 0.2) is 12.2 Å². The van der Waals surface area contributed by atoms with Crippen molar-refractivity contribution in [3.05, 3.63) is 12.2 Å². The fourth-order valence-corrected chi connectivity index (χ4v) is 1.96. The molecule has 12 heteroatoms. The topological polar surface area (TPSA) is 122 Å². The average Bonchev–Trinajstić information content (AvgIpc) is 1.98. The van der Waals surface area contributed by atoms with E-state index in [2.05, 4.69) is 46.4 Å². The Morgan fingerprint density at radius 1 is 1.47 bits per heavy atom. The molecule has 104 valence electrons. The van der Waals surface area contributed by atoms with Crippen molar-refractivity contribution in [1.29, 1.82) is 0 Å². The number of phosphoric acid groups is 2. The van der Waals surface area contributed by atoms with Crippen molar-refractivity contribution in [1.82, 2.24) is 0 Å². The summed E-state index contributed by atoms with van der Waals surface area (Å²) in [5, 5.41) is 0. The SMILES string of the molecule is C=C(C)CCOP(=O)([O-])OP(=O)([O-])[O-].PPI. The van der Waals surface area contributed by atoms with Gasteiger partial charge in [-0.25, -0.2) is 0 Å². The van der Waals surface area contributed by atoms with E-state index < -0.39 is 15.6 Å². The molecule has 0 aliphatic rings. The quantitative estimate of drug-likeness (QED) is 0.348. The van der Waals surface area contributed by atoms with Crippen LogP contribution in [0, 0.1) is 0 Å². The molecule has 0 heterocycles. The second kappa shape index (κ2) is 10.4. The van der Waals surface area contributed by atoms with Crippen molar-refractivity contribution in [2.75, 3.05) is 6.61 Å². The van der Waals surface area contributed by atoms with E-state index in [0.29, 0.717) is 5.57 Å². The first-order chi connectivity index (χ1) is 7.54. The van der Waals surface area contributed by atoms with Gasteiger partial charge in [0.2, 0.25) is 0 Å². The molecular weight excluding hydrogens is 423 g/mol. The van der Waals surface area contributed by atoms with Gasteiger partial charge in [-0.05, 0) is 19.3 Å². The third kappa shape index (κ3) is 20.1. The Morgan fingerprint density at radius 3 is 2.18 bits per heavy atom. The fraction of sp³-hybridized carbons (Fsp3) is 0.600. The lowest BCUT2D eigenvalue weighted by Gasteiger charge is -2.35. The van der Waals surface area contributed by atoms with Crippen LogP contribution in [-0.2, 0) is 18.0 Å². The van der Waals surface area contributed by atoms with Crippen LogP contribution in [0.4, 0.5) is 0 Å². The predicted molar refractivity (Wildman–Crippen MR) is 73.7 cm³/mol. The molecule has 0 bridgehead atoms. The van der Waals surface area contributed by atoms with Gasteiger partial charge in [-0.1, -0.05) is 27.6 Å². The van der Waals surface area contributed by atoms with Crippen LogP contribution in [-0.4, -0.2) is 6.61 Å². The second-order valence-electron chi connectivity index (χ2n) is 2.63. The van der Waals surface area contributed by atoms with Crippen LogP contribution >= 0.6 is 52.5 Å². The van der Waals surface area contributed by atoms with Crippen molar-refractivity contribution in [2.24, 2.45) is 0 Å². The van der Waals surface area contributed by atoms with E-state index in [1.165, 1.54) is 0 Å². The Kier molecular flexibility index (Phi) is 12.8. The summed E-state index contributed by atoms with van der Waals surface area (Å²) >= 11 is 2.28. The molecule has 0 spiro atoms. The van der Waals surface area contributed by atoms with Crippen LogP contribution in [0.1, 0.15) is 13.3 Å². The summed E-state index contributed by atoms with van der Waals surface area (Å²) in [6.45, 7) is 4.78. The molecule has 0 aliphatic heterocycles. The maximum absolute atomic E-state index is 10.6. The highest BCUT2D eigenvalue weighted by Crippen LogP contribution is 2.50. The second-order valence-corrected chi connectivity index (χ2v) is 11.8. The Labute approximate surface area is 117 Å². The van der Waals surface area contributed by atoms with E-state index in [9.17, 15) is 23.8 Å². The largest absolute Gasteiger partial charge is 0.790 e. The van der Waals surface area contributed by atoms with E-state index in [1.807, 2.05) is 0 Å². The Hall–Kier alpha value is 1.59. The lowest BCUT2D eigenvalue weighted by atomic mass is 10.3. The van der Waals surface area contributed by atoms with Crippen LogP contribution in [0.25, 0.3) is 0 Å². The smallest absolute Gasteiger partial charge is 0.271 e. The Morgan fingerprint density at radius 2 is 1.88 bits per heavy atom. The minimum atomic E-state index is -5.57. The van der Waals surface area contributed by atoms with Crippen molar-refractivity contribution in [3.63, 3.8) is 0 Å². The third-order valence-corrected chi connectivity index (χ3v) is 3.08. The van der Waals surface area contributed by atoms with Crippen LogP contribution < -0.4 is 14.7 Å². The maximum atomic E-state index is 10.6. The van der Waals surface area contributed by atoms with E-state index in [4.69, 9.17) is 0 Å². The first-order valence-corrected chi connectivity index (χ1v) is 12.8. The third-order valence-electron chi connectivity index (χ3n) is 0.978. The summed E-state index contributed by atoms with van der Waals surface area (Å²) in [6, 6.07) is 0. The summed E-state index contributed by atoms with van der Waals surface area (Å²) in [5.41, 5.74) is 0.650. The highest BCUT2D eigenvalue weighted by atomic mass is 127. The van der Waals surface area contributed by atoms with Gasteiger partial charge in [0, 0.05) is 0 Å². The fourth-order valence-electron chi connectivity index (χ4n) is 0.478. The van der Waals surface area contributed by atoms with Crippen molar-refractivity contribution in [2.45, 2.75) is 13.3 Å². The predicted octanol–water partition coefficient (Wildman–Crippen LogP) is 1.09. The highest BCUT2D eigenvalue weighted by molar-refractivity contribution is 14.2. The molecule has 0 fully saturated rings. The lowest BCUT2D eigenvalue weighted by molar-refractivity contribution is -0.339. The summed E-state index contributed by atoms with van der Waals surface area (Å²) in [7, 11) is -8.03. The molecule has 17 heavy (non-hydrogen) atoms. The molecule has 0 aromatic carbocycles. The number of rotatable bonds is 6. The van der Waals surface area contributed by atoms with Gasteiger partial charge in [0.15, 0.2) is 0 Å². The van der Waals surface area contributed by atoms with Gasteiger partial charge in [0.05, 0.1) is 14.4 Å². The van der Waals surface area contributed by atoms with Crippen molar-refractivity contribution >= 4 is 52.5 Å². The zero-order chi connectivity index (χ0) is 14.1. The van der Waals surface area contributed by atoms with Crippen LogP contribution in [0.3, 0.4) is 0 Å². The van der Waals surface area contributed by atoms with Crippen LogP contribution in [0.2, 0.25) is 0 Å². The summed E-state index contributed by atoms with van der Waals surface area (Å²) in [4.78, 5) is 30.5. The van der Waals surface area contributed by atoms with Gasteiger partial charge < -0.3 is 23.8 Å². The van der Waals surface area contributed by atoms with Gasteiger partial charge in [-0.3, -0.25) is 8.88 Å². The molecule has 7 nitrogen and oxygen atoms in total. The standard InChI is InChI=1S/C5H12O7P2.H3IP2/c1-5(2)3-4-11-14(9,10)12-13(6,7)8;1-3-2/h1,3-4H2,2H3,(H,9,10)(H2,6,7,8);3H,2H2/p-3. The van der Waals surface area contributed by atoms with Crippen LogP contribution in [0.5, 0.6) is 0 Å². The molecule has 0 N–H and O–H groups in total. The molecule has 0 rings (SSSR count). The lowest BCUT2D eigenvalue weighted by Crippen LogP contribution is -2.19. The zero-order valence-electron chi connectivity index (χ0n) is 8.83. The average molecular weight is 435 g/mol. The molecule has 0 aromatic heterocycles. The molecule has 0 saturated carbocycles. The maximum Gasteiger partial charge on any atom is 0.271 e. The van der Waals surface area contributed by atoms with Crippen molar-refractivity contribution in [3.8, 4) is 0 Å². The summed E-state index contributed by atoms with van der Waals surface area (Å²) in [5.74, 6) is 0.970. The van der Waals surface area contributed by atoms with Gasteiger partial charge in [-0.2, -0.15) is 0 Å². The van der Waals surface area contributed by atoms with E-state index in [0.717, 1.165) is 5.91 Å². The summed E-state index contributed by atoms with van der Waals surface area (Å²) in [6.07, 6.45) is 0.220. The zero-order valence-corrected chi connectivity index (χ0v) is 14.9. The van der Waals surface area contributed by atoms with Gasteiger partial charge in [0.25, 0.3) is 7.82 Å². The molecule has 0 saturated heterocycles. The normalized spacial score (nSPS) is 15.2. The highest BCUT2D eigenvalue weighted by Gasteiger charge is 2.10. The first-order valence-electron chi connectivity index (χ1n) is 3.93. The molecule has 0 radical (unpaired) electrons. The van der Waals surface area contributed by atoms with Gasteiger partial charge >= 0.3 is 0 Å². The number of hydrogen-bond donors (Lipinski definition) is 0.